The van der Waals surface area contributed by atoms with Crippen LogP contribution in [-0.2, 0) is 11.0 Å². The average molecular weight is 644 g/mol. The minimum absolute atomic E-state index is 0.0179. The molecular formula is C23H16Cl2F10N2O2P+. The minimum Gasteiger partial charge on any atom is -0.338 e. The van der Waals surface area contributed by atoms with Crippen LogP contribution in [0.1, 0.15) is 45.8 Å². The van der Waals surface area contributed by atoms with Crippen LogP contribution in [0.3, 0.4) is 0 Å². The molecule has 1 aliphatic carbocycles. The van der Waals surface area contributed by atoms with E-state index in [1.165, 1.54) is 0 Å². The van der Waals surface area contributed by atoms with Crippen molar-refractivity contribution >= 4 is 49.0 Å². The molecule has 218 valence electrons. The van der Waals surface area contributed by atoms with E-state index in [-0.39, 0.29) is 35.0 Å². The van der Waals surface area contributed by atoms with Crippen molar-refractivity contribution in [2.75, 3.05) is 6.29 Å². The van der Waals surface area contributed by atoms with Crippen LogP contribution in [0.15, 0.2) is 42.5 Å². The number of carbonyl (C=O) groups excluding carboxylic acids is 2. The predicted molar refractivity (Wildman–Crippen MR) is 128 cm³/mol. The number of carbonyl (C=O) groups is 2. The van der Waals surface area contributed by atoms with E-state index in [2.05, 4.69) is 0 Å². The zero-order chi connectivity index (χ0) is 30.3. The highest BCUT2D eigenvalue weighted by Gasteiger charge is 2.54. The van der Waals surface area contributed by atoms with Crippen LogP contribution < -0.4 is 10.6 Å². The predicted octanol–water partition coefficient (Wildman–Crippen LogP) is 8.68. The van der Waals surface area contributed by atoms with Crippen molar-refractivity contribution in [2.45, 2.75) is 36.7 Å². The van der Waals surface area contributed by atoms with Gasteiger partial charge in [-0.3, -0.25) is 9.59 Å². The van der Waals surface area contributed by atoms with Gasteiger partial charge in [-0.2, -0.15) is 26.3 Å². The number of alkyl halides is 6. The zero-order valence-electron chi connectivity index (χ0n) is 19.5. The lowest BCUT2D eigenvalue weighted by Gasteiger charge is -2.20. The van der Waals surface area contributed by atoms with Gasteiger partial charge >= 0.3 is 20.5 Å². The van der Waals surface area contributed by atoms with Crippen LogP contribution in [0.5, 0.6) is 0 Å². The van der Waals surface area contributed by atoms with E-state index >= 15 is 0 Å². The molecule has 1 saturated carbocycles. The first-order chi connectivity index (χ1) is 18.2. The van der Waals surface area contributed by atoms with Gasteiger partial charge < -0.3 is 10.6 Å². The summed E-state index contributed by atoms with van der Waals surface area (Å²) < 4.78 is 135. The van der Waals surface area contributed by atoms with Gasteiger partial charge in [-0.05, 0) is 54.8 Å². The van der Waals surface area contributed by atoms with E-state index in [0.717, 1.165) is 18.2 Å². The highest BCUT2D eigenvalue weighted by Crippen LogP contribution is 2.63. The second kappa shape index (κ2) is 11.4. The van der Waals surface area contributed by atoms with E-state index in [4.69, 9.17) is 23.2 Å². The summed E-state index contributed by atoms with van der Waals surface area (Å²) in [6.07, 6.45) is -12.3. The summed E-state index contributed by atoms with van der Waals surface area (Å²) in [5, 5.41) is 3.15. The normalized spacial score (nSPS) is 16.4. The Morgan fingerprint density at radius 2 is 1.55 bits per heavy atom. The standard InChI is InChI=1S/C23H15Cl2F10N2O2P/c24-13-5-12(6-14(25)8-13)16(22(27,28)29)9-18(26)11-1-2-15(17(7-11)23(30,31)32)19(38)37-21(3-4-21)20(39)36-10-40(33,34)35/h1-2,5-9,16H,3-4,10H2,(H-,36,37,38,39)/p+1/b18-9-. The van der Waals surface area contributed by atoms with Crippen molar-refractivity contribution in [3.63, 3.8) is 0 Å². The number of hydrogen-bond acceptors (Lipinski definition) is 2. The Morgan fingerprint density at radius 1 is 0.975 bits per heavy atom. The van der Waals surface area contributed by atoms with Crippen molar-refractivity contribution in [3.8, 4) is 0 Å². The third kappa shape index (κ3) is 8.01. The van der Waals surface area contributed by atoms with Crippen molar-refractivity contribution in [3.05, 3.63) is 74.8 Å². The SMILES string of the molecule is O=C(NC1(C(=O)NC[P+](F)(F)F)CC1)c1ccc(/C(F)=C/C(c2cc(Cl)cc(Cl)c2)C(F)(F)F)cc1C(F)(F)F. The lowest BCUT2D eigenvalue weighted by molar-refractivity contribution is -0.140. The number of nitrogens with one attached hydrogen (secondary N) is 2. The molecular weight excluding hydrogens is 628 g/mol. The fourth-order valence-corrected chi connectivity index (χ4v) is 4.52. The van der Waals surface area contributed by atoms with Gasteiger partial charge in [0.05, 0.1) is 11.1 Å². The van der Waals surface area contributed by atoms with Gasteiger partial charge in [-0.25, -0.2) is 4.39 Å². The van der Waals surface area contributed by atoms with Gasteiger partial charge in [0.1, 0.15) is 17.3 Å². The molecule has 0 heterocycles. The fraction of sp³-hybridized carbons (Fsp3) is 0.304. The molecule has 0 aromatic heterocycles. The molecule has 0 saturated heterocycles. The van der Waals surface area contributed by atoms with E-state index in [1.54, 1.807) is 5.32 Å². The number of rotatable bonds is 8. The zero-order valence-corrected chi connectivity index (χ0v) is 21.9. The Morgan fingerprint density at radius 3 is 2.02 bits per heavy atom. The Bertz CT molecular complexity index is 1320. The molecule has 0 bridgehead atoms. The third-order valence-corrected chi connectivity index (χ3v) is 6.66. The van der Waals surface area contributed by atoms with Gasteiger partial charge in [0, 0.05) is 28.2 Å². The maximum Gasteiger partial charge on any atom is 0.588 e. The molecule has 1 fully saturated rings. The van der Waals surface area contributed by atoms with Crippen LogP contribution in [0.2, 0.25) is 10.0 Å². The maximum atomic E-state index is 15.0. The van der Waals surface area contributed by atoms with Crippen LogP contribution in [0, 0.1) is 0 Å². The Hall–Kier alpha value is -2.57. The number of halogens is 12. The van der Waals surface area contributed by atoms with Gasteiger partial charge in [-0.15, -0.1) is 0 Å². The monoisotopic (exact) mass is 643 g/mol. The summed E-state index contributed by atoms with van der Waals surface area (Å²) in [6, 6.07) is 4.02. The van der Waals surface area contributed by atoms with E-state index in [0.29, 0.717) is 12.1 Å². The summed E-state index contributed by atoms with van der Waals surface area (Å²) in [5.41, 5.74) is -6.29. The Balaban J connectivity index is 1.94. The molecule has 1 atom stereocenters. The second-order valence-corrected chi connectivity index (χ2v) is 11.0. The van der Waals surface area contributed by atoms with E-state index < -0.39 is 78.2 Å². The van der Waals surface area contributed by atoms with Crippen molar-refractivity contribution < 1.29 is 52.9 Å². The summed E-state index contributed by atoms with van der Waals surface area (Å²) in [7, 11) is -5.91. The number of allylic oxidation sites excluding steroid dienone is 1. The minimum atomic E-state index is -5.91. The molecule has 2 amide bonds. The third-order valence-electron chi connectivity index (χ3n) is 5.71. The molecule has 0 spiro atoms. The molecule has 17 heteroatoms. The Labute approximate surface area is 230 Å². The molecule has 1 unspecified atom stereocenters. The topological polar surface area (TPSA) is 58.2 Å². The largest absolute Gasteiger partial charge is 0.588 e. The molecule has 40 heavy (non-hydrogen) atoms. The molecule has 0 aliphatic heterocycles. The lowest BCUT2D eigenvalue weighted by Crippen LogP contribution is -2.49. The van der Waals surface area contributed by atoms with Crippen molar-refractivity contribution in [1.82, 2.24) is 10.6 Å². The summed E-state index contributed by atoms with van der Waals surface area (Å²) in [6.45, 7) is 0. The van der Waals surface area contributed by atoms with Crippen LogP contribution in [0.4, 0.5) is 43.3 Å². The first-order valence-electron chi connectivity index (χ1n) is 10.9. The first kappa shape index (κ1) is 32.0. The van der Waals surface area contributed by atoms with Crippen LogP contribution >= 0.6 is 31.4 Å². The van der Waals surface area contributed by atoms with E-state index in [1.807, 2.05) is 5.32 Å². The average Bonchev–Trinajstić information content (AvgIpc) is 3.58. The lowest BCUT2D eigenvalue weighted by atomic mass is 9.95. The molecule has 2 aromatic rings. The highest BCUT2D eigenvalue weighted by molar-refractivity contribution is 7.60. The summed E-state index contributed by atoms with van der Waals surface area (Å²) >= 11 is 11.4. The van der Waals surface area contributed by atoms with Gasteiger partial charge in [0.15, 0.2) is 0 Å². The Kier molecular flexibility index (Phi) is 9.08. The van der Waals surface area contributed by atoms with Gasteiger partial charge in [0.2, 0.25) is 12.2 Å². The van der Waals surface area contributed by atoms with Gasteiger partial charge in [-0.1, -0.05) is 29.3 Å². The van der Waals surface area contributed by atoms with Crippen molar-refractivity contribution in [1.29, 1.82) is 0 Å². The number of hydrogen-bond donors (Lipinski definition) is 2. The first-order valence-corrected chi connectivity index (χ1v) is 13.3. The fourth-order valence-electron chi connectivity index (χ4n) is 3.65. The van der Waals surface area contributed by atoms with Crippen LogP contribution in [-0.4, -0.2) is 29.8 Å². The van der Waals surface area contributed by atoms with Crippen LogP contribution in [0.25, 0.3) is 5.83 Å². The van der Waals surface area contributed by atoms with Crippen molar-refractivity contribution in [2.24, 2.45) is 0 Å². The molecule has 2 N–H and O–H groups in total. The molecule has 3 rings (SSSR count). The molecule has 4 nitrogen and oxygen atoms in total. The quantitative estimate of drug-likeness (QED) is 0.223. The molecule has 2 aromatic carbocycles. The van der Waals surface area contributed by atoms with E-state index in [9.17, 15) is 52.9 Å². The number of benzene rings is 2. The smallest absolute Gasteiger partial charge is 0.338 e. The molecule has 0 radical (unpaired) electrons. The molecule has 1 aliphatic rings. The summed E-state index contributed by atoms with van der Waals surface area (Å²) in [5.74, 6) is -7.12. The summed E-state index contributed by atoms with van der Waals surface area (Å²) in [4.78, 5) is 24.7. The highest BCUT2D eigenvalue weighted by atomic mass is 35.5. The van der Waals surface area contributed by atoms with Gasteiger partial charge in [0.25, 0.3) is 5.91 Å². The second-order valence-electron chi connectivity index (χ2n) is 8.75. The number of amides is 2. The maximum absolute atomic E-state index is 15.0.